The number of carbonyl (C=O) groups is 1. The molecule has 0 aliphatic carbocycles. The van der Waals surface area contributed by atoms with Gasteiger partial charge in [0.25, 0.3) is 0 Å². The number of rotatable bonds is 5. The molecular formula is C13H17F2NO. The molecule has 1 N–H and O–H groups in total. The Bertz CT molecular complexity index is 416. The van der Waals surface area contributed by atoms with E-state index in [2.05, 4.69) is 5.32 Å². The van der Waals surface area contributed by atoms with Crippen molar-refractivity contribution < 1.29 is 13.6 Å². The third-order valence-electron chi connectivity index (χ3n) is 2.48. The van der Waals surface area contributed by atoms with E-state index in [0.717, 1.165) is 0 Å². The van der Waals surface area contributed by atoms with Crippen LogP contribution < -0.4 is 5.32 Å². The first-order valence-electron chi connectivity index (χ1n) is 5.64. The molecule has 17 heavy (non-hydrogen) atoms. The molecule has 0 fully saturated rings. The van der Waals surface area contributed by atoms with Gasteiger partial charge in [-0.2, -0.15) is 0 Å². The Labute approximate surface area is 100 Å². The summed E-state index contributed by atoms with van der Waals surface area (Å²) >= 11 is 0. The van der Waals surface area contributed by atoms with E-state index in [4.69, 9.17) is 0 Å². The summed E-state index contributed by atoms with van der Waals surface area (Å²) in [7, 11) is 0. The largest absolute Gasteiger partial charge is 0.314 e. The molecule has 1 aromatic rings. The number of ketones is 1. The fraction of sp³-hybridized carbons (Fsp3) is 0.462. The van der Waals surface area contributed by atoms with Gasteiger partial charge >= 0.3 is 0 Å². The second kappa shape index (κ2) is 5.87. The molecule has 0 radical (unpaired) electrons. The molecule has 0 bridgehead atoms. The summed E-state index contributed by atoms with van der Waals surface area (Å²) in [4.78, 5) is 11.7. The minimum atomic E-state index is -1.04. The maximum Gasteiger partial charge on any atom is 0.169 e. The van der Waals surface area contributed by atoms with Gasteiger partial charge in [-0.3, -0.25) is 4.79 Å². The molecular weight excluding hydrogens is 224 g/mol. The summed E-state index contributed by atoms with van der Waals surface area (Å²) in [5.41, 5.74) is 0.0398. The molecule has 2 nitrogen and oxygen atoms in total. The van der Waals surface area contributed by atoms with Gasteiger partial charge in [0, 0.05) is 19.0 Å². The zero-order valence-electron chi connectivity index (χ0n) is 10.3. The summed E-state index contributed by atoms with van der Waals surface area (Å²) in [5, 5.41) is 3.05. The first-order chi connectivity index (χ1) is 7.93. The first kappa shape index (κ1) is 13.8. The molecule has 0 spiro atoms. The number of hydrogen-bond donors (Lipinski definition) is 1. The Balaban J connectivity index is 2.73. The maximum atomic E-state index is 13.5. The van der Waals surface area contributed by atoms with Gasteiger partial charge in [-0.05, 0) is 18.6 Å². The van der Waals surface area contributed by atoms with E-state index >= 15 is 0 Å². The maximum absolute atomic E-state index is 13.5. The molecule has 0 saturated carbocycles. The average Bonchev–Trinajstić information content (AvgIpc) is 2.25. The van der Waals surface area contributed by atoms with Crippen molar-refractivity contribution in [1.82, 2.24) is 5.32 Å². The lowest BCUT2D eigenvalue weighted by Crippen LogP contribution is -2.25. The van der Waals surface area contributed by atoms with Crippen molar-refractivity contribution in [1.29, 1.82) is 0 Å². The summed E-state index contributed by atoms with van der Waals surface area (Å²) < 4.78 is 26.7. The van der Waals surface area contributed by atoms with Crippen LogP contribution in [-0.4, -0.2) is 18.4 Å². The van der Waals surface area contributed by atoms with Crippen LogP contribution in [0.15, 0.2) is 12.1 Å². The van der Waals surface area contributed by atoms with Crippen molar-refractivity contribution in [2.45, 2.75) is 33.2 Å². The Hall–Kier alpha value is -1.29. The lowest BCUT2D eigenvalue weighted by atomic mass is 10.0. The van der Waals surface area contributed by atoms with Gasteiger partial charge in [-0.1, -0.05) is 19.9 Å². The number of Topliss-reactive ketones (excluding diaryl/α,β-unsaturated/α-hetero) is 1. The molecule has 0 aliphatic heterocycles. The van der Waals surface area contributed by atoms with E-state index < -0.39 is 11.6 Å². The van der Waals surface area contributed by atoms with Crippen LogP contribution in [0.2, 0.25) is 0 Å². The van der Waals surface area contributed by atoms with Gasteiger partial charge in [0.05, 0.1) is 5.56 Å². The Morgan fingerprint density at radius 1 is 1.29 bits per heavy atom. The van der Waals surface area contributed by atoms with Crippen LogP contribution in [-0.2, 0) is 0 Å². The first-order valence-corrected chi connectivity index (χ1v) is 5.64. The highest BCUT2D eigenvalue weighted by atomic mass is 19.2. The predicted octanol–water partition coefficient (Wildman–Crippen LogP) is 2.84. The molecule has 0 aliphatic rings. The van der Waals surface area contributed by atoms with Crippen LogP contribution in [0.4, 0.5) is 8.78 Å². The minimum absolute atomic E-state index is 0.164. The smallest absolute Gasteiger partial charge is 0.169 e. The molecule has 0 saturated heterocycles. The van der Waals surface area contributed by atoms with E-state index in [1.165, 1.54) is 19.1 Å². The third-order valence-corrected chi connectivity index (χ3v) is 2.48. The van der Waals surface area contributed by atoms with Gasteiger partial charge in [0.15, 0.2) is 17.4 Å². The number of carbonyl (C=O) groups excluding carboxylic acids is 1. The Morgan fingerprint density at radius 2 is 1.94 bits per heavy atom. The van der Waals surface area contributed by atoms with E-state index in [-0.39, 0.29) is 29.4 Å². The van der Waals surface area contributed by atoms with Crippen molar-refractivity contribution in [3.8, 4) is 0 Å². The fourth-order valence-electron chi connectivity index (χ4n) is 1.47. The van der Waals surface area contributed by atoms with Gasteiger partial charge in [0.2, 0.25) is 0 Å². The van der Waals surface area contributed by atoms with Crippen molar-refractivity contribution in [3.63, 3.8) is 0 Å². The normalized spacial score (nSPS) is 10.9. The van der Waals surface area contributed by atoms with Crippen molar-refractivity contribution >= 4 is 5.78 Å². The number of aryl methyl sites for hydroxylation is 1. The second-order valence-electron chi connectivity index (χ2n) is 4.34. The number of hydrogen-bond acceptors (Lipinski definition) is 2. The molecule has 0 amide bonds. The van der Waals surface area contributed by atoms with E-state index in [0.29, 0.717) is 6.54 Å². The van der Waals surface area contributed by atoms with E-state index in [9.17, 15) is 13.6 Å². The van der Waals surface area contributed by atoms with Crippen LogP contribution >= 0.6 is 0 Å². The van der Waals surface area contributed by atoms with Gasteiger partial charge in [-0.15, -0.1) is 0 Å². The third kappa shape index (κ3) is 3.60. The highest BCUT2D eigenvalue weighted by Gasteiger charge is 2.16. The molecule has 4 heteroatoms. The van der Waals surface area contributed by atoms with Crippen molar-refractivity contribution in [2.75, 3.05) is 6.54 Å². The van der Waals surface area contributed by atoms with Crippen LogP contribution in [0, 0.1) is 18.6 Å². The lowest BCUT2D eigenvalue weighted by molar-refractivity contribution is 0.0977. The monoisotopic (exact) mass is 241 g/mol. The molecule has 1 rings (SSSR count). The second-order valence-corrected chi connectivity index (χ2v) is 4.34. The summed E-state index contributed by atoms with van der Waals surface area (Å²) in [6.07, 6.45) is 0.164. The van der Waals surface area contributed by atoms with Crippen LogP contribution in [0.3, 0.4) is 0 Å². The van der Waals surface area contributed by atoms with E-state index in [1.54, 1.807) is 0 Å². The lowest BCUT2D eigenvalue weighted by Gasteiger charge is -2.08. The predicted molar refractivity (Wildman–Crippen MR) is 63.2 cm³/mol. The minimum Gasteiger partial charge on any atom is -0.314 e. The number of nitrogens with one attached hydrogen (secondary N) is 1. The topological polar surface area (TPSA) is 29.1 Å². The zero-order valence-corrected chi connectivity index (χ0v) is 10.3. The van der Waals surface area contributed by atoms with Crippen LogP contribution in [0.5, 0.6) is 0 Å². The Morgan fingerprint density at radius 3 is 2.53 bits per heavy atom. The average molecular weight is 241 g/mol. The highest BCUT2D eigenvalue weighted by molar-refractivity contribution is 5.96. The van der Waals surface area contributed by atoms with Gasteiger partial charge < -0.3 is 5.32 Å². The molecule has 1 aromatic carbocycles. The molecule has 0 atom stereocenters. The van der Waals surface area contributed by atoms with Gasteiger partial charge in [0.1, 0.15) is 0 Å². The van der Waals surface area contributed by atoms with Gasteiger partial charge in [-0.25, -0.2) is 8.78 Å². The van der Waals surface area contributed by atoms with Crippen LogP contribution in [0.25, 0.3) is 0 Å². The number of benzene rings is 1. The quantitative estimate of drug-likeness (QED) is 0.803. The number of halogens is 2. The zero-order chi connectivity index (χ0) is 13.0. The van der Waals surface area contributed by atoms with Crippen LogP contribution in [0.1, 0.15) is 36.2 Å². The molecule has 0 heterocycles. The molecule has 94 valence electrons. The standard InChI is InChI=1S/C13H17F2NO/c1-8(2)16-7-6-11(17)10-5-4-9(3)12(14)13(10)15/h4-5,8,16H,6-7H2,1-3H3. The summed E-state index contributed by atoms with van der Waals surface area (Å²) in [6, 6.07) is 3.02. The SMILES string of the molecule is Cc1ccc(C(=O)CCNC(C)C)c(F)c1F. The fourth-order valence-corrected chi connectivity index (χ4v) is 1.47. The van der Waals surface area contributed by atoms with Crippen molar-refractivity contribution in [3.05, 3.63) is 34.9 Å². The molecule has 0 unspecified atom stereocenters. The van der Waals surface area contributed by atoms with Crippen molar-refractivity contribution in [2.24, 2.45) is 0 Å². The highest BCUT2D eigenvalue weighted by Crippen LogP contribution is 2.16. The molecule has 0 aromatic heterocycles. The van der Waals surface area contributed by atoms with E-state index in [1.807, 2.05) is 13.8 Å². The Kier molecular flexibility index (Phi) is 4.75. The summed E-state index contributed by atoms with van der Waals surface area (Å²) in [6.45, 7) is 5.84. The summed E-state index contributed by atoms with van der Waals surface area (Å²) in [5.74, 6) is -2.36.